The first-order chi connectivity index (χ1) is 15.5. The number of amides is 1. The molecule has 1 amide bonds. The highest BCUT2D eigenvalue weighted by Gasteiger charge is 2.17. The number of nitrogens with zero attached hydrogens (tertiary/aromatic N) is 3. The summed E-state index contributed by atoms with van der Waals surface area (Å²) in [6.07, 6.45) is 2.25. The van der Waals surface area contributed by atoms with E-state index in [1.165, 1.54) is 0 Å². The number of rotatable bonds is 5. The lowest BCUT2D eigenvalue weighted by molar-refractivity contribution is 0.102. The number of imidazole rings is 1. The number of halogens is 1. The van der Waals surface area contributed by atoms with Crippen LogP contribution in [0.2, 0.25) is 5.02 Å². The summed E-state index contributed by atoms with van der Waals surface area (Å²) < 4.78 is 0. The average Bonchev–Trinajstić information content (AvgIpc) is 3.42. The molecule has 0 aliphatic carbocycles. The molecule has 4 aromatic rings. The molecule has 0 atom stereocenters. The van der Waals surface area contributed by atoms with Crippen molar-refractivity contribution in [2.75, 3.05) is 30.8 Å². The lowest BCUT2D eigenvalue weighted by Gasteiger charge is -2.30. The smallest absolute Gasteiger partial charge is 0.256 e. The predicted octanol–water partition coefficient (Wildman–Crippen LogP) is 4.36. The Morgan fingerprint density at radius 3 is 2.69 bits per heavy atom. The van der Waals surface area contributed by atoms with Crippen LogP contribution in [-0.4, -0.2) is 57.2 Å². The monoisotopic (exact) mass is 449 g/mol. The fourth-order valence-corrected chi connectivity index (χ4v) is 4.08. The van der Waals surface area contributed by atoms with Crippen molar-refractivity contribution in [1.82, 2.24) is 25.1 Å². The molecule has 0 radical (unpaired) electrons. The SMILES string of the molecule is CN1CCC(Nc2ccc(C(=O)Nc3cc(-c4nc5ccc(Cl)cc5[nH]4)[nH]n3)cc2)CC1. The van der Waals surface area contributed by atoms with Crippen LogP contribution in [0.25, 0.3) is 22.6 Å². The Morgan fingerprint density at radius 2 is 1.91 bits per heavy atom. The maximum atomic E-state index is 12.6. The molecule has 32 heavy (non-hydrogen) atoms. The van der Waals surface area contributed by atoms with Gasteiger partial charge in [0.2, 0.25) is 0 Å². The molecule has 0 bridgehead atoms. The lowest BCUT2D eigenvalue weighted by Crippen LogP contribution is -2.36. The van der Waals surface area contributed by atoms with Crippen LogP contribution in [0.1, 0.15) is 23.2 Å². The van der Waals surface area contributed by atoms with E-state index in [9.17, 15) is 4.79 Å². The zero-order valence-corrected chi connectivity index (χ0v) is 18.4. The molecule has 164 valence electrons. The molecule has 0 spiro atoms. The van der Waals surface area contributed by atoms with E-state index in [0.29, 0.717) is 34.0 Å². The molecule has 3 heterocycles. The minimum atomic E-state index is -0.217. The Morgan fingerprint density at radius 1 is 1.12 bits per heavy atom. The minimum Gasteiger partial charge on any atom is -0.382 e. The lowest BCUT2D eigenvalue weighted by atomic mass is 10.0. The molecule has 9 heteroatoms. The summed E-state index contributed by atoms with van der Waals surface area (Å²) in [6.45, 7) is 2.21. The molecule has 2 aromatic carbocycles. The number of nitrogens with one attached hydrogen (secondary N) is 4. The number of hydrogen-bond donors (Lipinski definition) is 4. The summed E-state index contributed by atoms with van der Waals surface area (Å²) in [4.78, 5) is 22.7. The number of carbonyl (C=O) groups excluding carboxylic acids is 1. The van der Waals surface area contributed by atoms with Crippen molar-refractivity contribution in [3.8, 4) is 11.5 Å². The van der Waals surface area contributed by atoms with Gasteiger partial charge in [-0.3, -0.25) is 9.89 Å². The summed E-state index contributed by atoms with van der Waals surface area (Å²) in [5, 5.41) is 14.1. The number of aromatic amines is 2. The quantitative estimate of drug-likeness (QED) is 0.362. The fourth-order valence-electron chi connectivity index (χ4n) is 3.91. The average molecular weight is 450 g/mol. The van der Waals surface area contributed by atoms with E-state index in [4.69, 9.17) is 11.6 Å². The minimum absolute atomic E-state index is 0.217. The van der Waals surface area contributed by atoms with Crippen LogP contribution in [0.3, 0.4) is 0 Å². The van der Waals surface area contributed by atoms with E-state index in [1.54, 1.807) is 12.1 Å². The van der Waals surface area contributed by atoms with Crippen LogP contribution in [0.5, 0.6) is 0 Å². The Bertz CT molecular complexity index is 1240. The van der Waals surface area contributed by atoms with Crippen LogP contribution < -0.4 is 10.6 Å². The van der Waals surface area contributed by atoms with Gasteiger partial charge in [0.25, 0.3) is 5.91 Å². The number of benzene rings is 2. The molecule has 1 aliphatic rings. The van der Waals surface area contributed by atoms with Crippen molar-refractivity contribution >= 4 is 40.0 Å². The molecular formula is C23H24ClN7O. The number of fused-ring (bicyclic) bond motifs is 1. The zero-order valence-electron chi connectivity index (χ0n) is 17.7. The van der Waals surface area contributed by atoms with E-state index < -0.39 is 0 Å². The number of carbonyl (C=O) groups is 1. The number of piperidine rings is 1. The first-order valence-corrected chi connectivity index (χ1v) is 11.0. The third-order valence-corrected chi connectivity index (χ3v) is 5.99. The Balaban J connectivity index is 1.22. The van der Waals surface area contributed by atoms with Gasteiger partial charge in [0.15, 0.2) is 11.6 Å². The van der Waals surface area contributed by atoms with E-state index in [1.807, 2.05) is 36.4 Å². The Labute approximate surface area is 190 Å². The van der Waals surface area contributed by atoms with Crippen molar-refractivity contribution in [2.45, 2.75) is 18.9 Å². The van der Waals surface area contributed by atoms with Crippen LogP contribution in [-0.2, 0) is 0 Å². The molecule has 1 fully saturated rings. The number of aromatic nitrogens is 4. The van der Waals surface area contributed by atoms with E-state index in [2.05, 4.69) is 42.7 Å². The number of H-pyrrole nitrogens is 2. The molecule has 0 unspecified atom stereocenters. The molecule has 5 rings (SSSR count). The third-order valence-electron chi connectivity index (χ3n) is 5.75. The van der Waals surface area contributed by atoms with Crippen molar-refractivity contribution < 1.29 is 4.79 Å². The van der Waals surface area contributed by atoms with Gasteiger partial charge in [-0.15, -0.1) is 0 Å². The van der Waals surface area contributed by atoms with Crippen molar-refractivity contribution in [1.29, 1.82) is 0 Å². The molecular weight excluding hydrogens is 426 g/mol. The van der Waals surface area contributed by atoms with Crippen molar-refractivity contribution in [2.24, 2.45) is 0 Å². The van der Waals surface area contributed by atoms with E-state index in [-0.39, 0.29) is 5.91 Å². The summed E-state index contributed by atoms with van der Waals surface area (Å²) in [7, 11) is 2.15. The highest BCUT2D eigenvalue weighted by atomic mass is 35.5. The molecule has 2 aromatic heterocycles. The standard InChI is InChI=1S/C23H24ClN7O/c1-31-10-8-17(9-11-31)25-16-5-2-14(3-6-16)23(32)28-21-13-20(29-30-21)22-26-18-7-4-15(24)12-19(18)27-22/h2-7,12-13,17,25H,8-11H2,1H3,(H,26,27)(H2,28,29,30,32). The van der Waals surface area contributed by atoms with E-state index >= 15 is 0 Å². The van der Waals surface area contributed by atoms with Crippen molar-refractivity contribution in [3.63, 3.8) is 0 Å². The number of anilines is 2. The third kappa shape index (κ3) is 4.46. The van der Waals surface area contributed by atoms with E-state index in [0.717, 1.165) is 42.7 Å². The first kappa shape index (κ1) is 20.5. The van der Waals surface area contributed by atoms with Gasteiger partial charge in [0, 0.05) is 28.4 Å². The molecule has 8 nitrogen and oxygen atoms in total. The van der Waals surface area contributed by atoms with Gasteiger partial charge in [-0.2, -0.15) is 5.10 Å². The van der Waals surface area contributed by atoms with Gasteiger partial charge < -0.3 is 20.5 Å². The van der Waals surface area contributed by atoms with Crippen LogP contribution in [0, 0.1) is 0 Å². The normalized spacial score (nSPS) is 15.2. The maximum absolute atomic E-state index is 12.6. The first-order valence-electron chi connectivity index (χ1n) is 10.6. The van der Waals surface area contributed by atoms with Gasteiger partial charge in [-0.1, -0.05) is 11.6 Å². The molecule has 1 aliphatic heterocycles. The Kier molecular flexibility index (Phi) is 5.55. The zero-order chi connectivity index (χ0) is 22.1. The highest BCUT2D eigenvalue weighted by Crippen LogP contribution is 2.23. The molecule has 0 saturated carbocycles. The largest absolute Gasteiger partial charge is 0.382 e. The second-order valence-corrected chi connectivity index (χ2v) is 8.60. The van der Waals surface area contributed by atoms with Gasteiger partial charge in [0.1, 0.15) is 5.69 Å². The molecule has 1 saturated heterocycles. The van der Waals surface area contributed by atoms with Crippen LogP contribution in [0.15, 0.2) is 48.5 Å². The summed E-state index contributed by atoms with van der Waals surface area (Å²) in [5.41, 5.74) is 3.91. The highest BCUT2D eigenvalue weighted by molar-refractivity contribution is 6.31. The summed E-state index contributed by atoms with van der Waals surface area (Å²) in [5.74, 6) is 0.835. The number of likely N-dealkylation sites (tertiary alicyclic amines) is 1. The maximum Gasteiger partial charge on any atom is 0.256 e. The van der Waals surface area contributed by atoms with Gasteiger partial charge >= 0.3 is 0 Å². The van der Waals surface area contributed by atoms with Gasteiger partial charge in [-0.25, -0.2) is 4.98 Å². The second kappa shape index (κ2) is 8.64. The van der Waals surface area contributed by atoms with Crippen molar-refractivity contribution in [3.05, 3.63) is 59.1 Å². The molecule has 4 N–H and O–H groups in total. The predicted molar refractivity (Wildman–Crippen MR) is 127 cm³/mol. The van der Waals surface area contributed by atoms with Crippen LogP contribution in [0.4, 0.5) is 11.5 Å². The van der Waals surface area contributed by atoms with Crippen LogP contribution >= 0.6 is 11.6 Å². The fraction of sp³-hybridized carbons (Fsp3) is 0.261. The Hall–Kier alpha value is -3.36. The topological polar surface area (TPSA) is 102 Å². The van der Waals surface area contributed by atoms with Gasteiger partial charge in [0.05, 0.1) is 11.0 Å². The second-order valence-electron chi connectivity index (χ2n) is 8.17. The number of hydrogen-bond acceptors (Lipinski definition) is 5. The summed E-state index contributed by atoms with van der Waals surface area (Å²) in [6, 6.07) is 15.2. The van der Waals surface area contributed by atoms with Gasteiger partial charge in [-0.05, 0) is 75.4 Å². The summed E-state index contributed by atoms with van der Waals surface area (Å²) >= 11 is 6.04.